The third-order valence-corrected chi connectivity index (χ3v) is 3.87. The van der Waals surface area contributed by atoms with Gasteiger partial charge in [0.25, 0.3) is 0 Å². The standard InChI is InChI=1S/C13H16N2O2S/c1-2-9(7-12(16)17)8-14-13-15-10-5-3-4-6-11(10)18-13/h3-6,9H,2,7-8H2,1H3,(H,14,15)(H,16,17). The van der Waals surface area contributed by atoms with Crippen LogP contribution in [0.2, 0.25) is 0 Å². The second kappa shape index (κ2) is 5.82. The Labute approximate surface area is 110 Å². The van der Waals surface area contributed by atoms with Gasteiger partial charge < -0.3 is 10.4 Å². The van der Waals surface area contributed by atoms with Crippen molar-refractivity contribution in [2.75, 3.05) is 11.9 Å². The molecule has 4 nitrogen and oxygen atoms in total. The van der Waals surface area contributed by atoms with Gasteiger partial charge in [0, 0.05) is 13.0 Å². The maximum Gasteiger partial charge on any atom is 0.303 e. The zero-order valence-corrected chi connectivity index (χ0v) is 11.0. The van der Waals surface area contributed by atoms with E-state index in [1.807, 2.05) is 31.2 Å². The molecule has 0 saturated heterocycles. The first-order valence-corrected chi connectivity index (χ1v) is 6.82. The largest absolute Gasteiger partial charge is 0.481 e. The number of aliphatic carboxylic acids is 1. The molecular weight excluding hydrogens is 248 g/mol. The summed E-state index contributed by atoms with van der Waals surface area (Å²) >= 11 is 1.60. The third-order valence-electron chi connectivity index (χ3n) is 2.88. The average molecular weight is 264 g/mol. The van der Waals surface area contributed by atoms with E-state index in [9.17, 15) is 4.79 Å². The second-order valence-corrected chi connectivity index (χ2v) is 5.27. The van der Waals surface area contributed by atoms with Crippen LogP contribution in [0.1, 0.15) is 19.8 Å². The smallest absolute Gasteiger partial charge is 0.303 e. The van der Waals surface area contributed by atoms with Gasteiger partial charge in [0.15, 0.2) is 5.13 Å². The van der Waals surface area contributed by atoms with Crippen molar-refractivity contribution in [3.8, 4) is 0 Å². The maximum absolute atomic E-state index is 10.7. The molecule has 2 rings (SSSR count). The Kier molecular flexibility index (Phi) is 4.15. The number of hydrogen-bond acceptors (Lipinski definition) is 4. The topological polar surface area (TPSA) is 62.2 Å². The van der Waals surface area contributed by atoms with Crippen LogP contribution in [-0.2, 0) is 4.79 Å². The predicted molar refractivity (Wildman–Crippen MR) is 74.1 cm³/mol. The van der Waals surface area contributed by atoms with Crippen LogP contribution in [0.5, 0.6) is 0 Å². The zero-order valence-electron chi connectivity index (χ0n) is 10.2. The Morgan fingerprint density at radius 2 is 2.28 bits per heavy atom. The van der Waals surface area contributed by atoms with Crippen molar-refractivity contribution in [3.63, 3.8) is 0 Å². The number of carboxylic acid groups (broad SMARTS) is 1. The number of fused-ring (bicyclic) bond motifs is 1. The molecule has 18 heavy (non-hydrogen) atoms. The number of nitrogens with zero attached hydrogens (tertiary/aromatic N) is 1. The van der Waals surface area contributed by atoms with Crippen molar-refractivity contribution < 1.29 is 9.90 Å². The second-order valence-electron chi connectivity index (χ2n) is 4.24. The summed E-state index contributed by atoms with van der Waals surface area (Å²) in [6.07, 6.45) is 1.05. The summed E-state index contributed by atoms with van der Waals surface area (Å²) in [6.45, 7) is 2.66. The van der Waals surface area contributed by atoms with Crippen molar-refractivity contribution in [1.29, 1.82) is 0 Å². The lowest BCUT2D eigenvalue weighted by atomic mass is 10.0. The first kappa shape index (κ1) is 12.8. The molecule has 2 N–H and O–H groups in total. The molecule has 1 atom stereocenters. The molecule has 96 valence electrons. The van der Waals surface area contributed by atoms with Gasteiger partial charge in [-0.2, -0.15) is 0 Å². The molecule has 0 aliphatic heterocycles. The fraction of sp³-hybridized carbons (Fsp3) is 0.385. The summed E-state index contributed by atoms with van der Waals surface area (Å²) in [5.41, 5.74) is 0.983. The summed E-state index contributed by atoms with van der Waals surface area (Å²) in [7, 11) is 0. The SMILES string of the molecule is CCC(CNc1nc2ccccc2s1)CC(=O)O. The van der Waals surface area contributed by atoms with Gasteiger partial charge in [0.2, 0.25) is 0 Å². The molecule has 1 aromatic heterocycles. The number of nitrogens with one attached hydrogen (secondary N) is 1. The third kappa shape index (κ3) is 3.20. The normalized spacial score (nSPS) is 12.5. The molecule has 0 bridgehead atoms. The van der Waals surface area contributed by atoms with Gasteiger partial charge in [-0.15, -0.1) is 0 Å². The fourth-order valence-corrected chi connectivity index (χ4v) is 2.66. The average Bonchev–Trinajstić information content (AvgIpc) is 2.76. The minimum absolute atomic E-state index is 0.148. The number of rotatable bonds is 6. The van der Waals surface area contributed by atoms with Gasteiger partial charge in [0.05, 0.1) is 10.2 Å². The molecule has 0 aliphatic rings. The quantitative estimate of drug-likeness (QED) is 0.841. The van der Waals surface area contributed by atoms with Gasteiger partial charge in [0.1, 0.15) is 0 Å². The van der Waals surface area contributed by atoms with E-state index in [1.165, 1.54) is 0 Å². The lowest BCUT2D eigenvalue weighted by Crippen LogP contribution is -2.17. The number of anilines is 1. The van der Waals surface area contributed by atoms with Crippen LogP contribution in [-0.4, -0.2) is 22.6 Å². The van der Waals surface area contributed by atoms with E-state index in [4.69, 9.17) is 5.11 Å². The summed E-state index contributed by atoms with van der Waals surface area (Å²) in [6, 6.07) is 7.97. The molecule has 0 radical (unpaired) electrons. The zero-order chi connectivity index (χ0) is 13.0. The Bertz CT molecular complexity index is 506. The van der Waals surface area contributed by atoms with Crippen molar-refractivity contribution in [3.05, 3.63) is 24.3 Å². The summed E-state index contributed by atoms with van der Waals surface area (Å²) < 4.78 is 1.14. The number of thiazole rings is 1. The molecule has 2 aromatic rings. The van der Waals surface area contributed by atoms with Crippen LogP contribution < -0.4 is 5.32 Å². The molecule has 1 aromatic carbocycles. The molecule has 1 heterocycles. The number of carboxylic acids is 1. The predicted octanol–water partition coefficient (Wildman–Crippen LogP) is 3.21. The highest BCUT2D eigenvalue weighted by atomic mass is 32.1. The first-order chi connectivity index (χ1) is 8.69. The molecule has 5 heteroatoms. The highest BCUT2D eigenvalue weighted by molar-refractivity contribution is 7.22. The molecule has 0 amide bonds. The highest BCUT2D eigenvalue weighted by Crippen LogP contribution is 2.25. The van der Waals surface area contributed by atoms with Crippen molar-refractivity contribution >= 4 is 32.7 Å². The van der Waals surface area contributed by atoms with Crippen molar-refractivity contribution in [2.24, 2.45) is 5.92 Å². The number of para-hydroxylation sites is 1. The van der Waals surface area contributed by atoms with Crippen LogP contribution in [0.15, 0.2) is 24.3 Å². The lowest BCUT2D eigenvalue weighted by molar-refractivity contribution is -0.138. The van der Waals surface area contributed by atoms with Crippen LogP contribution in [0.25, 0.3) is 10.2 Å². The van der Waals surface area contributed by atoms with Gasteiger partial charge in [-0.1, -0.05) is 36.8 Å². The summed E-state index contributed by atoms with van der Waals surface area (Å²) in [4.78, 5) is 15.1. The van der Waals surface area contributed by atoms with Gasteiger partial charge in [-0.25, -0.2) is 4.98 Å². The van der Waals surface area contributed by atoms with Crippen molar-refractivity contribution in [2.45, 2.75) is 19.8 Å². The minimum Gasteiger partial charge on any atom is -0.481 e. The molecule has 0 fully saturated rings. The minimum atomic E-state index is -0.743. The Hall–Kier alpha value is -1.62. The van der Waals surface area contributed by atoms with E-state index in [0.29, 0.717) is 6.54 Å². The molecule has 0 aliphatic carbocycles. The van der Waals surface area contributed by atoms with Crippen LogP contribution >= 0.6 is 11.3 Å². The maximum atomic E-state index is 10.7. The van der Waals surface area contributed by atoms with E-state index in [1.54, 1.807) is 11.3 Å². The van der Waals surface area contributed by atoms with E-state index < -0.39 is 5.97 Å². The summed E-state index contributed by atoms with van der Waals surface area (Å²) in [5, 5.41) is 12.9. The molecule has 1 unspecified atom stereocenters. The first-order valence-electron chi connectivity index (χ1n) is 6.00. The number of aromatic nitrogens is 1. The monoisotopic (exact) mass is 264 g/mol. The number of carbonyl (C=O) groups is 1. The van der Waals surface area contributed by atoms with E-state index in [0.717, 1.165) is 21.8 Å². The van der Waals surface area contributed by atoms with E-state index >= 15 is 0 Å². The van der Waals surface area contributed by atoms with Crippen LogP contribution in [0, 0.1) is 5.92 Å². The van der Waals surface area contributed by atoms with Crippen molar-refractivity contribution in [1.82, 2.24) is 4.98 Å². The highest BCUT2D eigenvalue weighted by Gasteiger charge is 2.11. The molecular formula is C13H16N2O2S. The van der Waals surface area contributed by atoms with Gasteiger partial charge in [-0.3, -0.25) is 4.79 Å². The van der Waals surface area contributed by atoms with E-state index in [2.05, 4.69) is 10.3 Å². The lowest BCUT2D eigenvalue weighted by Gasteiger charge is -2.12. The van der Waals surface area contributed by atoms with Crippen LogP contribution in [0.4, 0.5) is 5.13 Å². The molecule has 0 spiro atoms. The van der Waals surface area contributed by atoms with Gasteiger partial charge in [-0.05, 0) is 18.1 Å². The molecule has 0 saturated carbocycles. The Morgan fingerprint density at radius 3 is 2.94 bits per heavy atom. The fourth-order valence-electron chi connectivity index (χ4n) is 1.79. The van der Waals surface area contributed by atoms with E-state index in [-0.39, 0.29) is 12.3 Å². The van der Waals surface area contributed by atoms with Gasteiger partial charge >= 0.3 is 5.97 Å². The Morgan fingerprint density at radius 1 is 1.50 bits per heavy atom. The van der Waals surface area contributed by atoms with Crippen LogP contribution in [0.3, 0.4) is 0 Å². The Balaban J connectivity index is 1.98. The summed E-state index contributed by atoms with van der Waals surface area (Å²) in [5.74, 6) is -0.595. The number of hydrogen-bond donors (Lipinski definition) is 2. The number of benzene rings is 1.